The van der Waals surface area contributed by atoms with Gasteiger partial charge in [0.2, 0.25) is 6.10 Å². The number of alkyl halides is 3. The molecular weight excluding hydrogens is 321 g/mol. The summed E-state index contributed by atoms with van der Waals surface area (Å²) in [6.45, 7) is 4.39. The number of fused-ring (bicyclic) bond motifs is 1. The Balaban J connectivity index is 2.28. The highest BCUT2D eigenvalue weighted by atomic mass is 32.2. The highest BCUT2D eigenvalue weighted by Gasteiger charge is 2.59. The molecule has 2 aliphatic heterocycles. The first-order chi connectivity index (χ1) is 9.34. The van der Waals surface area contributed by atoms with Gasteiger partial charge in [0, 0.05) is 0 Å². The van der Waals surface area contributed by atoms with Crippen molar-refractivity contribution in [3.05, 3.63) is 0 Å². The first-order valence-corrected chi connectivity index (χ1v) is 7.30. The van der Waals surface area contributed by atoms with Gasteiger partial charge in [-0.3, -0.25) is 0 Å². The second kappa shape index (κ2) is 4.80. The van der Waals surface area contributed by atoms with E-state index in [0.29, 0.717) is 0 Å². The van der Waals surface area contributed by atoms with E-state index in [0.717, 1.165) is 0 Å². The number of rotatable bonds is 2. The number of carbonyl (C=O) groups is 1. The molecule has 0 amide bonds. The molecule has 0 aliphatic carbocycles. The zero-order valence-corrected chi connectivity index (χ0v) is 12.0. The molecule has 122 valence electrons. The van der Waals surface area contributed by atoms with Crippen LogP contribution in [0.1, 0.15) is 20.8 Å². The van der Waals surface area contributed by atoms with Crippen LogP contribution in [0.5, 0.6) is 0 Å². The summed E-state index contributed by atoms with van der Waals surface area (Å²) in [5.74, 6) is -2.46. The van der Waals surface area contributed by atoms with Crippen molar-refractivity contribution in [1.29, 1.82) is 0 Å². The predicted octanol–water partition coefficient (Wildman–Crippen LogP) is 0.687. The molecule has 7 nitrogen and oxygen atoms in total. The minimum atomic E-state index is -5.96. The molecule has 0 bridgehead atoms. The Morgan fingerprint density at radius 1 is 1.19 bits per heavy atom. The molecule has 2 rings (SSSR count). The normalized spacial score (nSPS) is 36.2. The molecule has 2 heterocycles. The van der Waals surface area contributed by atoms with Crippen LogP contribution in [-0.4, -0.2) is 50.1 Å². The summed E-state index contributed by atoms with van der Waals surface area (Å²) in [6, 6.07) is 0. The molecule has 2 fully saturated rings. The van der Waals surface area contributed by atoms with Crippen LogP contribution in [-0.2, 0) is 33.3 Å². The van der Waals surface area contributed by atoms with Crippen LogP contribution < -0.4 is 0 Å². The fourth-order valence-corrected chi connectivity index (χ4v) is 2.72. The smallest absolute Gasteiger partial charge is 0.458 e. The van der Waals surface area contributed by atoms with Crippen molar-refractivity contribution in [3.63, 3.8) is 0 Å². The molecule has 0 spiro atoms. The molecule has 0 saturated carbocycles. The lowest BCUT2D eigenvalue weighted by Crippen LogP contribution is -2.55. The Kier molecular flexibility index (Phi) is 3.76. The zero-order valence-electron chi connectivity index (χ0n) is 11.2. The molecular formula is C10H13F3O7S. The van der Waals surface area contributed by atoms with Crippen LogP contribution in [0, 0.1) is 0 Å². The minimum Gasteiger partial charge on any atom is -0.458 e. The number of ether oxygens (including phenoxy) is 3. The van der Waals surface area contributed by atoms with Gasteiger partial charge in [-0.05, 0) is 20.8 Å². The molecule has 4 atom stereocenters. The van der Waals surface area contributed by atoms with E-state index in [2.05, 4.69) is 4.18 Å². The largest absolute Gasteiger partial charge is 0.523 e. The van der Waals surface area contributed by atoms with Crippen LogP contribution >= 0.6 is 0 Å². The lowest BCUT2D eigenvalue weighted by molar-refractivity contribution is -0.181. The Hall–Kier alpha value is -0.910. The number of carbonyl (C=O) groups excluding carboxylic acids is 1. The van der Waals surface area contributed by atoms with Crippen molar-refractivity contribution in [2.24, 2.45) is 0 Å². The summed E-state index contributed by atoms with van der Waals surface area (Å²) in [7, 11) is -5.96. The highest BCUT2D eigenvalue weighted by Crippen LogP contribution is 2.38. The van der Waals surface area contributed by atoms with Gasteiger partial charge in [0.15, 0.2) is 5.79 Å². The molecule has 2 aliphatic rings. The average molecular weight is 334 g/mol. The second-order valence-corrected chi connectivity index (χ2v) is 6.69. The molecule has 2 saturated heterocycles. The lowest BCUT2D eigenvalue weighted by Gasteiger charge is -2.33. The van der Waals surface area contributed by atoms with Gasteiger partial charge in [-0.2, -0.15) is 21.6 Å². The molecule has 0 radical (unpaired) electrons. The summed E-state index contributed by atoms with van der Waals surface area (Å²) < 4.78 is 78.6. The van der Waals surface area contributed by atoms with Gasteiger partial charge in [0.25, 0.3) is 0 Å². The van der Waals surface area contributed by atoms with E-state index in [4.69, 9.17) is 14.2 Å². The van der Waals surface area contributed by atoms with Crippen molar-refractivity contribution in [3.8, 4) is 0 Å². The molecule has 21 heavy (non-hydrogen) atoms. The van der Waals surface area contributed by atoms with Crippen molar-refractivity contribution in [2.75, 3.05) is 0 Å². The molecule has 11 heteroatoms. The first kappa shape index (κ1) is 16.5. The maximum absolute atomic E-state index is 12.4. The Bertz CT molecular complexity index is 541. The van der Waals surface area contributed by atoms with E-state index in [1.165, 1.54) is 20.8 Å². The van der Waals surface area contributed by atoms with Gasteiger partial charge >= 0.3 is 21.6 Å². The van der Waals surface area contributed by atoms with Crippen molar-refractivity contribution >= 4 is 16.1 Å². The second-order valence-electron chi connectivity index (χ2n) is 5.12. The van der Waals surface area contributed by atoms with Crippen molar-refractivity contribution in [1.82, 2.24) is 0 Å². The fraction of sp³-hybridized carbons (Fsp3) is 0.900. The third kappa shape index (κ3) is 3.00. The molecule has 0 aromatic carbocycles. The summed E-state index contributed by atoms with van der Waals surface area (Å²) >= 11 is 0. The average Bonchev–Trinajstić information content (AvgIpc) is 2.59. The highest BCUT2D eigenvalue weighted by molar-refractivity contribution is 7.87. The quantitative estimate of drug-likeness (QED) is 0.417. The van der Waals surface area contributed by atoms with Crippen molar-refractivity contribution in [2.45, 2.75) is 56.5 Å². The third-order valence-corrected chi connectivity index (χ3v) is 4.00. The van der Waals surface area contributed by atoms with E-state index >= 15 is 0 Å². The van der Waals surface area contributed by atoms with E-state index < -0.39 is 51.8 Å². The maximum Gasteiger partial charge on any atom is 0.523 e. The number of esters is 1. The Morgan fingerprint density at radius 3 is 2.24 bits per heavy atom. The van der Waals surface area contributed by atoms with Gasteiger partial charge < -0.3 is 14.2 Å². The molecule has 0 N–H and O–H groups in total. The predicted molar refractivity (Wildman–Crippen MR) is 59.2 cm³/mol. The van der Waals surface area contributed by atoms with E-state index in [-0.39, 0.29) is 0 Å². The third-order valence-electron chi connectivity index (χ3n) is 2.97. The summed E-state index contributed by atoms with van der Waals surface area (Å²) in [4.78, 5) is 11.6. The fourth-order valence-electron chi connectivity index (χ4n) is 2.15. The zero-order chi connectivity index (χ0) is 16.2. The van der Waals surface area contributed by atoms with Crippen LogP contribution in [0.2, 0.25) is 0 Å². The summed E-state index contributed by atoms with van der Waals surface area (Å²) in [6.07, 6.45) is -5.11. The molecule has 0 aromatic rings. The monoisotopic (exact) mass is 334 g/mol. The van der Waals surface area contributed by atoms with Gasteiger partial charge in [0.1, 0.15) is 18.3 Å². The molecule has 0 unspecified atom stereocenters. The topological polar surface area (TPSA) is 88.1 Å². The van der Waals surface area contributed by atoms with E-state index in [9.17, 15) is 26.4 Å². The Labute approximate surface area is 118 Å². The standard InChI is InChI=1S/C10H13F3O7S/c1-4-5-6(19-9(2,3)18-5)7(8(14)17-4)20-21(15,16)10(11,12)13/h4-7H,1-3H3/t4-,5+,6+,7-/m0/s1. The van der Waals surface area contributed by atoms with Gasteiger partial charge in [0.05, 0.1) is 0 Å². The van der Waals surface area contributed by atoms with Crippen LogP contribution in [0.15, 0.2) is 0 Å². The number of halogens is 3. The summed E-state index contributed by atoms with van der Waals surface area (Å²) in [5.41, 5.74) is -5.65. The molecule has 0 aromatic heterocycles. The van der Waals surface area contributed by atoms with E-state index in [1.807, 2.05) is 0 Å². The van der Waals surface area contributed by atoms with Crippen LogP contribution in [0.4, 0.5) is 13.2 Å². The SMILES string of the molecule is C[C@@H]1OC(=O)[C@@H](OS(=O)(=O)C(F)(F)F)[C@@H]2OC(C)(C)O[C@@H]21. The Morgan fingerprint density at radius 2 is 1.71 bits per heavy atom. The first-order valence-electron chi connectivity index (χ1n) is 5.90. The van der Waals surface area contributed by atoms with Gasteiger partial charge in [-0.25, -0.2) is 8.98 Å². The van der Waals surface area contributed by atoms with Crippen LogP contribution in [0.3, 0.4) is 0 Å². The van der Waals surface area contributed by atoms with Crippen molar-refractivity contribution < 1.29 is 44.8 Å². The van der Waals surface area contributed by atoms with E-state index in [1.54, 1.807) is 0 Å². The number of hydrogen-bond donors (Lipinski definition) is 0. The van der Waals surface area contributed by atoms with Crippen LogP contribution in [0.25, 0.3) is 0 Å². The van der Waals surface area contributed by atoms with Gasteiger partial charge in [-0.1, -0.05) is 0 Å². The number of hydrogen-bond acceptors (Lipinski definition) is 7. The summed E-state index contributed by atoms with van der Waals surface area (Å²) in [5, 5.41) is 0. The van der Waals surface area contributed by atoms with Gasteiger partial charge in [-0.15, -0.1) is 0 Å². The number of cyclic esters (lactones) is 1. The maximum atomic E-state index is 12.4. The minimum absolute atomic E-state index is 0.808. The lowest BCUT2D eigenvalue weighted by atomic mass is 10.0.